The molecule has 1 nitrogen and oxygen atoms in total. The van der Waals surface area contributed by atoms with Crippen molar-refractivity contribution in [3.05, 3.63) is 0 Å². The Morgan fingerprint density at radius 1 is 0.583 bits per heavy atom. The Morgan fingerprint density at radius 3 is 1.42 bits per heavy atom. The fourth-order valence-electron chi connectivity index (χ4n) is 3.42. The molecule has 0 aromatic rings. The molecule has 0 spiro atoms. The van der Waals surface area contributed by atoms with E-state index < -0.39 is 0 Å². The van der Waals surface area contributed by atoms with E-state index in [2.05, 4.69) is 20.8 Å². The molecule has 144 valence electrons. The van der Waals surface area contributed by atoms with Crippen molar-refractivity contribution in [1.82, 2.24) is 0 Å². The predicted octanol–water partition coefficient (Wildman–Crippen LogP) is 8.25. The highest BCUT2D eigenvalue weighted by molar-refractivity contribution is 5.80. The number of unbranched alkanes of at least 4 members (excludes halogenated alkanes) is 14. The minimum Gasteiger partial charge on any atom is -0.299 e. The monoisotopic (exact) mass is 338 g/mol. The highest BCUT2D eigenvalue weighted by atomic mass is 16.1. The first-order chi connectivity index (χ1) is 11.7. The zero-order chi connectivity index (χ0) is 17.9. The van der Waals surface area contributed by atoms with Gasteiger partial charge in [0.05, 0.1) is 0 Å². The van der Waals surface area contributed by atoms with Gasteiger partial charge in [0.15, 0.2) is 0 Å². The van der Waals surface area contributed by atoms with Gasteiger partial charge in [-0.05, 0) is 12.8 Å². The largest absolute Gasteiger partial charge is 0.299 e. The Labute approximate surface area is 153 Å². The predicted molar refractivity (Wildman–Crippen MR) is 109 cm³/mol. The summed E-state index contributed by atoms with van der Waals surface area (Å²) in [5, 5.41) is 0. The summed E-state index contributed by atoms with van der Waals surface area (Å²) in [5.74, 6) is 0.809. The van der Waals surface area contributed by atoms with Crippen molar-refractivity contribution in [2.45, 2.75) is 136 Å². The fourth-order valence-corrected chi connectivity index (χ4v) is 3.42. The van der Waals surface area contributed by atoms with Crippen molar-refractivity contribution in [3.63, 3.8) is 0 Å². The zero-order valence-electron chi connectivity index (χ0n) is 17.2. The molecule has 0 aliphatic heterocycles. The van der Waals surface area contributed by atoms with Crippen molar-refractivity contribution < 1.29 is 4.79 Å². The molecule has 0 amide bonds. The van der Waals surface area contributed by atoms with Crippen LogP contribution in [-0.2, 0) is 4.79 Å². The summed E-state index contributed by atoms with van der Waals surface area (Å²) >= 11 is 0. The second-order valence-electron chi connectivity index (χ2n) is 7.86. The van der Waals surface area contributed by atoms with E-state index in [0.717, 1.165) is 19.3 Å². The first kappa shape index (κ1) is 23.7. The summed E-state index contributed by atoms with van der Waals surface area (Å²) in [5.41, 5.74) is 0. The Hall–Kier alpha value is -0.330. The number of ketones is 1. The van der Waals surface area contributed by atoms with Gasteiger partial charge in [-0.3, -0.25) is 4.79 Å². The van der Waals surface area contributed by atoms with Gasteiger partial charge in [-0.15, -0.1) is 0 Å². The summed E-state index contributed by atoms with van der Waals surface area (Å²) in [6, 6.07) is 0. The maximum Gasteiger partial charge on any atom is 0.135 e. The lowest BCUT2D eigenvalue weighted by Crippen LogP contribution is -2.10. The van der Waals surface area contributed by atoms with E-state index in [4.69, 9.17) is 0 Å². The molecule has 0 aliphatic rings. The van der Waals surface area contributed by atoms with Crippen LogP contribution < -0.4 is 0 Å². The van der Waals surface area contributed by atoms with E-state index in [0.29, 0.717) is 11.7 Å². The summed E-state index contributed by atoms with van der Waals surface area (Å²) in [7, 11) is 0. The summed E-state index contributed by atoms with van der Waals surface area (Å²) in [6.45, 7) is 6.64. The van der Waals surface area contributed by atoms with E-state index in [9.17, 15) is 4.79 Å². The van der Waals surface area contributed by atoms with Crippen molar-refractivity contribution in [2.75, 3.05) is 0 Å². The third kappa shape index (κ3) is 16.5. The molecule has 1 heteroatoms. The molecule has 1 atom stereocenters. The van der Waals surface area contributed by atoms with Crippen molar-refractivity contribution in [3.8, 4) is 0 Å². The average Bonchev–Trinajstić information content (AvgIpc) is 2.59. The van der Waals surface area contributed by atoms with Gasteiger partial charge in [-0.2, -0.15) is 0 Å². The Bertz CT molecular complexity index is 259. The van der Waals surface area contributed by atoms with Crippen LogP contribution in [0.4, 0.5) is 0 Å². The molecular formula is C23H46O. The highest BCUT2D eigenvalue weighted by Gasteiger charge is 2.11. The topological polar surface area (TPSA) is 17.1 Å². The minimum absolute atomic E-state index is 0.301. The molecule has 0 bridgehead atoms. The number of hydrogen-bond acceptors (Lipinski definition) is 1. The molecule has 0 radical (unpaired) electrons. The summed E-state index contributed by atoms with van der Waals surface area (Å²) < 4.78 is 0. The standard InChI is InChI=1S/C23H46O/c1-4-6-8-10-11-12-13-14-15-16-17-18-20-22(3)23(24)21-19-9-7-5-2/h22H,4-21H2,1-3H3. The smallest absolute Gasteiger partial charge is 0.135 e. The van der Waals surface area contributed by atoms with Gasteiger partial charge in [0.1, 0.15) is 5.78 Å². The van der Waals surface area contributed by atoms with E-state index >= 15 is 0 Å². The van der Waals surface area contributed by atoms with Crippen LogP contribution >= 0.6 is 0 Å². The van der Waals surface area contributed by atoms with E-state index in [1.807, 2.05) is 0 Å². The molecule has 0 saturated carbocycles. The maximum atomic E-state index is 12.0. The molecular weight excluding hydrogens is 292 g/mol. The van der Waals surface area contributed by atoms with Crippen LogP contribution in [0.15, 0.2) is 0 Å². The van der Waals surface area contributed by atoms with E-state index in [-0.39, 0.29) is 0 Å². The second kappa shape index (κ2) is 19.0. The third-order valence-corrected chi connectivity index (χ3v) is 5.32. The van der Waals surface area contributed by atoms with Gasteiger partial charge in [-0.1, -0.05) is 117 Å². The highest BCUT2D eigenvalue weighted by Crippen LogP contribution is 2.16. The number of hydrogen-bond donors (Lipinski definition) is 0. The lowest BCUT2D eigenvalue weighted by Gasteiger charge is -2.10. The van der Waals surface area contributed by atoms with E-state index in [1.54, 1.807) is 0 Å². The molecule has 0 aromatic heterocycles. The molecule has 0 N–H and O–H groups in total. The third-order valence-electron chi connectivity index (χ3n) is 5.32. The van der Waals surface area contributed by atoms with Crippen LogP contribution in [0.25, 0.3) is 0 Å². The second-order valence-corrected chi connectivity index (χ2v) is 7.86. The maximum absolute atomic E-state index is 12.0. The average molecular weight is 339 g/mol. The summed E-state index contributed by atoms with van der Waals surface area (Å²) in [4.78, 5) is 12.0. The molecule has 0 aromatic carbocycles. The first-order valence-corrected chi connectivity index (χ1v) is 11.2. The van der Waals surface area contributed by atoms with Crippen LogP contribution in [0.1, 0.15) is 136 Å². The van der Waals surface area contributed by atoms with Gasteiger partial charge in [0.25, 0.3) is 0 Å². The normalized spacial score (nSPS) is 12.5. The fraction of sp³-hybridized carbons (Fsp3) is 0.957. The number of Topliss-reactive ketones (excluding diaryl/α,β-unsaturated/α-hetero) is 1. The number of carbonyl (C=O) groups is 1. The van der Waals surface area contributed by atoms with Crippen LogP contribution in [-0.4, -0.2) is 5.78 Å². The van der Waals surface area contributed by atoms with Crippen molar-refractivity contribution in [2.24, 2.45) is 5.92 Å². The van der Waals surface area contributed by atoms with Gasteiger partial charge in [0, 0.05) is 12.3 Å². The lowest BCUT2D eigenvalue weighted by molar-refractivity contribution is -0.122. The number of rotatable bonds is 19. The first-order valence-electron chi connectivity index (χ1n) is 11.2. The molecule has 0 fully saturated rings. The molecule has 0 aliphatic carbocycles. The van der Waals surface area contributed by atoms with Crippen LogP contribution in [0, 0.1) is 5.92 Å². The van der Waals surface area contributed by atoms with Crippen molar-refractivity contribution in [1.29, 1.82) is 0 Å². The minimum atomic E-state index is 0.301. The van der Waals surface area contributed by atoms with Gasteiger partial charge in [-0.25, -0.2) is 0 Å². The summed E-state index contributed by atoms with van der Waals surface area (Å²) in [6.07, 6.45) is 23.5. The molecule has 0 saturated heterocycles. The van der Waals surface area contributed by atoms with Gasteiger partial charge >= 0.3 is 0 Å². The lowest BCUT2D eigenvalue weighted by atomic mass is 9.94. The molecule has 0 heterocycles. The number of carbonyl (C=O) groups excluding carboxylic acids is 1. The van der Waals surface area contributed by atoms with Gasteiger partial charge in [0.2, 0.25) is 0 Å². The SMILES string of the molecule is CCCCCCCCCCCCCCC(C)C(=O)CCCCCC. The molecule has 0 rings (SSSR count). The zero-order valence-corrected chi connectivity index (χ0v) is 17.2. The van der Waals surface area contributed by atoms with Gasteiger partial charge < -0.3 is 0 Å². The van der Waals surface area contributed by atoms with Crippen molar-refractivity contribution >= 4 is 5.78 Å². The molecule has 1 unspecified atom stereocenters. The Morgan fingerprint density at radius 2 is 0.958 bits per heavy atom. The molecule has 24 heavy (non-hydrogen) atoms. The quantitative estimate of drug-likeness (QED) is 0.217. The van der Waals surface area contributed by atoms with Crippen LogP contribution in [0.5, 0.6) is 0 Å². The van der Waals surface area contributed by atoms with Crippen LogP contribution in [0.2, 0.25) is 0 Å². The Kier molecular flexibility index (Phi) is 18.7. The van der Waals surface area contributed by atoms with E-state index in [1.165, 1.54) is 96.3 Å². The Balaban J connectivity index is 3.26. The van der Waals surface area contributed by atoms with Crippen LogP contribution in [0.3, 0.4) is 0 Å².